The summed E-state index contributed by atoms with van der Waals surface area (Å²) in [6.45, 7) is 7.06. The summed E-state index contributed by atoms with van der Waals surface area (Å²) in [6, 6.07) is 9.79. The first-order chi connectivity index (χ1) is 9.59. The molecule has 1 N–H and O–H groups in total. The third kappa shape index (κ3) is 4.85. The molecule has 1 nitrogen and oxygen atoms in total. The molecule has 20 heavy (non-hydrogen) atoms. The molecule has 0 spiro atoms. The van der Waals surface area contributed by atoms with Gasteiger partial charge in [0, 0.05) is 11.7 Å². The van der Waals surface area contributed by atoms with E-state index in [9.17, 15) is 0 Å². The minimum Gasteiger partial charge on any atom is -0.382 e. The Labute approximate surface area is 125 Å². The summed E-state index contributed by atoms with van der Waals surface area (Å²) in [6.07, 6.45) is 10.5. The van der Waals surface area contributed by atoms with Crippen molar-refractivity contribution in [2.45, 2.75) is 78.2 Å². The summed E-state index contributed by atoms with van der Waals surface area (Å²) in [5.41, 5.74) is 3.29. The van der Waals surface area contributed by atoms with E-state index in [0.717, 1.165) is 0 Å². The van der Waals surface area contributed by atoms with Gasteiger partial charge in [0.15, 0.2) is 0 Å². The minimum atomic E-state index is 0.510. The van der Waals surface area contributed by atoms with Crippen molar-refractivity contribution in [3.8, 4) is 0 Å². The number of nitrogens with one attached hydrogen (secondary N) is 1. The molecule has 1 saturated carbocycles. The van der Waals surface area contributed by atoms with Gasteiger partial charge >= 0.3 is 0 Å². The molecule has 0 aliphatic heterocycles. The van der Waals surface area contributed by atoms with Gasteiger partial charge in [-0.15, -0.1) is 0 Å². The summed E-state index contributed by atoms with van der Waals surface area (Å²) in [4.78, 5) is 0. The van der Waals surface area contributed by atoms with Crippen molar-refractivity contribution in [2.75, 3.05) is 5.32 Å². The second-order valence-electron chi connectivity index (χ2n) is 7.26. The first-order valence-corrected chi connectivity index (χ1v) is 8.44. The summed E-state index contributed by atoms with van der Waals surface area (Å²) < 4.78 is 0. The highest BCUT2D eigenvalue weighted by Gasteiger charge is 2.27. The molecule has 1 heteroatoms. The molecular formula is C19H31N. The van der Waals surface area contributed by atoms with Crippen LogP contribution in [0.4, 0.5) is 5.69 Å². The van der Waals surface area contributed by atoms with Crippen LogP contribution >= 0.6 is 0 Å². The number of anilines is 1. The molecule has 112 valence electrons. The highest BCUT2D eigenvalue weighted by Crippen LogP contribution is 2.36. The molecule has 0 saturated heterocycles. The highest BCUT2D eigenvalue weighted by atomic mass is 14.9. The monoisotopic (exact) mass is 273 g/mol. The lowest BCUT2D eigenvalue weighted by atomic mass is 9.75. The van der Waals surface area contributed by atoms with Gasteiger partial charge in [0.25, 0.3) is 0 Å². The molecule has 1 aliphatic carbocycles. The van der Waals surface area contributed by atoms with Crippen molar-refractivity contribution in [3.63, 3.8) is 0 Å². The van der Waals surface area contributed by atoms with E-state index in [1.165, 1.54) is 62.6 Å². The van der Waals surface area contributed by atoms with Gasteiger partial charge < -0.3 is 5.32 Å². The van der Waals surface area contributed by atoms with Gasteiger partial charge in [0.05, 0.1) is 0 Å². The van der Waals surface area contributed by atoms with Crippen LogP contribution in [0, 0.1) is 5.41 Å². The van der Waals surface area contributed by atoms with E-state index in [4.69, 9.17) is 0 Å². The Hall–Kier alpha value is -0.980. The zero-order valence-electron chi connectivity index (χ0n) is 13.5. The third-order valence-corrected chi connectivity index (χ3v) is 4.60. The number of rotatable bonds is 6. The number of aryl methyl sites for hydroxylation is 1. The van der Waals surface area contributed by atoms with E-state index in [2.05, 4.69) is 50.4 Å². The van der Waals surface area contributed by atoms with E-state index in [1.807, 2.05) is 0 Å². The van der Waals surface area contributed by atoms with Crippen molar-refractivity contribution in [3.05, 3.63) is 29.8 Å². The lowest BCUT2D eigenvalue weighted by molar-refractivity contribution is 0.229. The molecule has 0 amide bonds. The molecule has 0 bridgehead atoms. The molecule has 2 rings (SSSR count). The first kappa shape index (κ1) is 15.4. The number of hydrogen-bond donors (Lipinski definition) is 1. The zero-order chi connectivity index (χ0) is 14.4. The van der Waals surface area contributed by atoms with Gasteiger partial charge in [-0.3, -0.25) is 0 Å². The quantitative estimate of drug-likeness (QED) is 0.646. The lowest BCUT2D eigenvalue weighted by Gasteiger charge is -2.36. The number of hydrogen-bond acceptors (Lipinski definition) is 1. The van der Waals surface area contributed by atoms with Crippen LogP contribution in [0.1, 0.15) is 71.3 Å². The molecule has 1 unspecified atom stereocenters. The molecule has 0 radical (unpaired) electrons. The van der Waals surface area contributed by atoms with Crippen molar-refractivity contribution in [2.24, 2.45) is 5.41 Å². The Kier molecular flexibility index (Phi) is 5.51. The van der Waals surface area contributed by atoms with Gasteiger partial charge in [-0.2, -0.15) is 0 Å². The lowest BCUT2D eigenvalue weighted by Crippen LogP contribution is -2.31. The largest absolute Gasteiger partial charge is 0.382 e. The highest BCUT2D eigenvalue weighted by molar-refractivity contribution is 5.45. The standard InChI is InChI=1S/C19H31N/c1-4-5-6-8-16-10-12-17(13-11-16)20-18-9-7-14-19(2,3)15-18/h10-13,18,20H,4-9,14-15H2,1-3H3. The van der Waals surface area contributed by atoms with E-state index >= 15 is 0 Å². The maximum Gasteiger partial charge on any atom is 0.0342 e. The van der Waals surface area contributed by atoms with E-state index in [0.29, 0.717) is 11.5 Å². The maximum atomic E-state index is 3.73. The third-order valence-electron chi connectivity index (χ3n) is 4.60. The Morgan fingerprint density at radius 2 is 1.90 bits per heavy atom. The van der Waals surface area contributed by atoms with E-state index in [1.54, 1.807) is 0 Å². The number of unbranched alkanes of at least 4 members (excludes halogenated alkanes) is 2. The predicted molar refractivity (Wildman–Crippen MR) is 89.3 cm³/mol. The molecule has 0 heterocycles. The Bertz CT molecular complexity index is 391. The molecular weight excluding hydrogens is 242 g/mol. The second-order valence-corrected chi connectivity index (χ2v) is 7.26. The van der Waals surface area contributed by atoms with Crippen LogP contribution in [0.25, 0.3) is 0 Å². The van der Waals surface area contributed by atoms with Gasteiger partial charge in [-0.25, -0.2) is 0 Å². The zero-order valence-corrected chi connectivity index (χ0v) is 13.5. The van der Waals surface area contributed by atoms with Crippen LogP contribution in [0.5, 0.6) is 0 Å². The van der Waals surface area contributed by atoms with Gasteiger partial charge in [-0.1, -0.05) is 52.2 Å². The van der Waals surface area contributed by atoms with Crippen LogP contribution in [-0.2, 0) is 6.42 Å². The summed E-state index contributed by atoms with van der Waals surface area (Å²) in [7, 11) is 0. The fraction of sp³-hybridized carbons (Fsp3) is 0.684. The van der Waals surface area contributed by atoms with Crippen LogP contribution in [-0.4, -0.2) is 6.04 Å². The van der Waals surface area contributed by atoms with Gasteiger partial charge in [0.1, 0.15) is 0 Å². The first-order valence-electron chi connectivity index (χ1n) is 8.44. The molecule has 1 fully saturated rings. The molecule has 1 aliphatic rings. The Morgan fingerprint density at radius 1 is 1.15 bits per heavy atom. The van der Waals surface area contributed by atoms with Gasteiger partial charge in [0.2, 0.25) is 0 Å². The van der Waals surface area contributed by atoms with Crippen molar-refractivity contribution < 1.29 is 0 Å². The molecule has 1 atom stereocenters. The van der Waals surface area contributed by atoms with Crippen molar-refractivity contribution in [1.82, 2.24) is 0 Å². The predicted octanol–water partition coefficient (Wildman–Crippen LogP) is 5.80. The fourth-order valence-electron chi connectivity index (χ4n) is 3.40. The summed E-state index contributed by atoms with van der Waals surface area (Å²) in [5.74, 6) is 0. The van der Waals surface area contributed by atoms with Crippen molar-refractivity contribution >= 4 is 5.69 Å². The normalized spacial score (nSPS) is 21.6. The molecule has 0 aromatic heterocycles. The number of benzene rings is 1. The average Bonchev–Trinajstić information content (AvgIpc) is 2.40. The molecule has 1 aromatic rings. The summed E-state index contributed by atoms with van der Waals surface area (Å²) in [5, 5.41) is 3.73. The minimum absolute atomic E-state index is 0.510. The van der Waals surface area contributed by atoms with Crippen LogP contribution in [0.15, 0.2) is 24.3 Å². The topological polar surface area (TPSA) is 12.0 Å². The smallest absolute Gasteiger partial charge is 0.0342 e. The molecule has 1 aromatic carbocycles. The maximum absolute atomic E-state index is 3.73. The van der Waals surface area contributed by atoms with Crippen molar-refractivity contribution in [1.29, 1.82) is 0 Å². The Balaban J connectivity index is 1.84. The fourth-order valence-corrected chi connectivity index (χ4v) is 3.40. The SMILES string of the molecule is CCCCCc1ccc(NC2CCCC(C)(C)C2)cc1. The van der Waals surface area contributed by atoms with E-state index < -0.39 is 0 Å². The van der Waals surface area contributed by atoms with Crippen LogP contribution in [0.3, 0.4) is 0 Å². The van der Waals surface area contributed by atoms with Crippen LogP contribution < -0.4 is 5.32 Å². The van der Waals surface area contributed by atoms with Gasteiger partial charge in [-0.05, 0) is 55.2 Å². The average molecular weight is 273 g/mol. The Morgan fingerprint density at radius 3 is 2.55 bits per heavy atom. The summed E-state index contributed by atoms with van der Waals surface area (Å²) >= 11 is 0. The van der Waals surface area contributed by atoms with Crippen LogP contribution in [0.2, 0.25) is 0 Å². The second kappa shape index (κ2) is 7.15. The van der Waals surface area contributed by atoms with E-state index in [-0.39, 0.29) is 0 Å².